The number of piperidine rings is 1. The monoisotopic (exact) mass is 318 g/mol. The SMILES string of the molecule is O=C(c1ccn(C2CCCNC2)n1)N(CC1CCOC1)C1CC1. The molecular formula is C17H26N4O2. The summed E-state index contributed by atoms with van der Waals surface area (Å²) >= 11 is 0. The zero-order chi connectivity index (χ0) is 15.6. The highest BCUT2D eigenvalue weighted by Crippen LogP contribution is 2.30. The van der Waals surface area contributed by atoms with Gasteiger partial charge in [0.2, 0.25) is 0 Å². The molecule has 3 heterocycles. The quantitative estimate of drug-likeness (QED) is 0.893. The Kier molecular flexibility index (Phi) is 4.35. The van der Waals surface area contributed by atoms with E-state index in [2.05, 4.69) is 10.4 Å². The van der Waals surface area contributed by atoms with Gasteiger partial charge in [-0.3, -0.25) is 9.48 Å². The molecule has 0 spiro atoms. The van der Waals surface area contributed by atoms with Crippen molar-refractivity contribution in [2.45, 2.75) is 44.2 Å². The molecule has 6 nitrogen and oxygen atoms in total. The van der Waals surface area contributed by atoms with Crippen LogP contribution in [0.1, 0.15) is 48.6 Å². The highest BCUT2D eigenvalue weighted by atomic mass is 16.5. The Morgan fingerprint density at radius 2 is 2.30 bits per heavy atom. The standard InChI is InChI=1S/C17H26N4O2/c22-17(20(14-3-4-14)11-13-6-9-23-12-13)16-5-8-21(19-16)15-2-1-7-18-10-15/h5,8,13-15,18H,1-4,6-7,9-12H2. The Labute approximate surface area is 137 Å². The van der Waals surface area contributed by atoms with E-state index in [0.717, 1.165) is 58.5 Å². The van der Waals surface area contributed by atoms with E-state index in [-0.39, 0.29) is 5.91 Å². The minimum atomic E-state index is 0.0990. The first-order valence-corrected chi connectivity index (χ1v) is 8.96. The van der Waals surface area contributed by atoms with Crippen molar-refractivity contribution >= 4 is 5.91 Å². The number of aromatic nitrogens is 2. The lowest BCUT2D eigenvalue weighted by molar-refractivity contribution is 0.0699. The number of nitrogens with one attached hydrogen (secondary N) is 1. The number of amides is 1. The van der Waals surface area contributed by atoms with Crippen LogP contribution in [0.4, 0.5) is 0 Å². The molecule has 1 amide bonds. The molecule has 2 saturated heterocycles. The van der Waals surface area contributed by atoms with Gasteiger partial charge >= 0.3 is 0 Å². The summed E-state index contributed by atoms with van der Waals surface area (Å²) in [5.41, 5.74) is 0.599. The van der Waals surface area contributed by atoms with Gasteiger partial charge in [0.05, 0.1) is 12.6 Å². The predicted octanol–water partition coefficient (Wildman–Crippen LogP) is 1.45. The minimum absolute atomic E-state index is 0.0990. The van der Waals surface area contributed by atoms with Gasteiger partial charge in [-0.1, -0.05) is 0 Å². The third-order valence-corrected chi connectivity index (χ3v) is 5.20. The Morgan fingerprint density at radius 1 is 1.39 bits per heavy atom. The van der Waals surface area contributed by atoms with Crippen molar-refractivity contribution in [3.63, 3.8) is 0 Å². The minimum Gasteiger partial charge on any atom is -0.381 e. The first kappa shape index (κ1) is 15.1. The van der Waals surface area contributed by atoms with E-state index in [1.807, 2.05) is 21.8 Å². The molecule has 1 aliphatic carbocycles. The number of hydrogen-bond donors (Lipinski definition) is 1. The summed E-state index contributed by atoms with van der Waals surface area (Å²) < 4.78 is 7.44. The fourth-order valence-corrected chi connectivity index (χ4v) is 3.65. The average Bonchev–Trinajstić information content (AvgIpc) is 3.10. The van der Waals surface area contributed by atoms with Crippen molar-refractivity contribution in [3.8, 4) is 0 Å². The number of ether oxygens (including phenoxy) is 1. The summed E-state index contributed by atoms with van der Waals surface area (Å²) in [5, 5.41) is 7.99. The largest absolute Gasteiger partial charge is 0.381 e. The van der Waals surface area contributed by atoms with E-state index in [9.17, 15) is 4.79 Å². The number of nitrogens with zero attached hydrogens (tertiary/aromatic N) is 3. The van der Waals surface area contributed by atoms with Crippen LogP contribution >= 0.6 is 0 Å². The van der Waals surface area contributed by atoms with Crippen molar-refractivity contribution in [1.29, 1.82) is 0 Å². The Morgan fingerprint density at radius 3 is 3.00 bits per heavy atom. The molecule has 1 N–H and O–H groups in total. The highest BCUT2D eigenvalue weighted by Gasteiger charge is 2.36. The van der Waals surface area contributed by atoms with E-state index >= 15 is 0 Å². The van der Waals surface area contributed by atoms with Crippen LogP contribution in [0.25, 0.3) is 0 Å². The van der Waals surface area contributed by atoms with Gasteiger partial charge in [0.1, 0.15) is 5.69 Å². The van der Waals surface area contributed by atoms with Gasteiger partial charge in [-0.2, -0.15) is 5.10 Å². The van der Waals surface area contributed by atoms with Crippen molar-refractivity contribution in [2.24, 2.45) is 5.92 Å². The van der Waals surface area contributed by atoms with Crippen LogP contribution in [-0.2, 0) is 4.74 Å². The lowest BCUT2D eigenvalue weighted by atomic mass is 10.1. The van der Waals surface area contributed by atoms with Gasteiger partial charge in [-0.05, 0) is 44.7 Å². The maximum absolute atomic E-state index is 12.9. The topological polar surface area (TPSA) is 59.4 Å². The molecule has 3 aliphatic rings. The second-order valence-electron chi connectivity index (χ2n) is 7.10. The van der Waals surface area contributed by atoms with Crippen molar-refractivity contribution in [3.05, 3.63) is 18.0 Å². The molecule has 4 rings (SSSR count). The molecule has 1 aromatic heterocycles. The Bertz CT molecular complexity index is 543. The van der Waals surface area contributed by atoms with Crippen LogP contribution in [0.2, 0.25) is 0 Å². The molecule has 0 bridgehead atoms. The zero-order valence-corrected chi connectivity index (χ0v) is 13.6. The highest BCUT2D eigenvalue weighted by molar-refractivity contribution is 5.92. The van der Waals surface area contributed by atoms with Gasteiger partial charge in [0, 0.05) is 37.9 Å². The van der Waals surface area contributed by atoms with Gasteiger partial charge < -0.3 is 15.0 Å². The van der Waals surface area contributed by atoms with Crippen molar-refractivity contribution in [2.75, 3.05) is 32.8 Å². The first-order chi connectivity index (χ1) is 11.3. The molecule has 0 aromatic carbocycles. The number of carbonyl (C=O) groups is 1. The summed E-state index contributed by atoms with van der Waals surface area (Å²) in [6.45, 7) is 4.48. The molecule has 2 aliphatic heterocycles. The molecule has 2 atom stereocenters. The van der Waals surface area contributed by atoms with Crippen LogP contribution in [0.5, 0.6) is 0 Å². The van der Waals surface area contributed by atoms with Crippen LogP contribution in [0.15, 0.2) is 12.3 Å². The van der Waals surface area contributed by atoms with Crippen LogP contribution < -0.4 is 5.32 Å². The molecule has 0 radical (unpaired) electrons. The molecule has 3 fully saturated rings. The fraction of sp³-hybridized carbons (Fsp3) is 0.765. The molecule has 1 aromatic rings. The molecule has 2 unspecified atom stereocenters. The Balaban J connectivity index is 1.44. The van der Waals surface area contributed by atoms with Gasteiger partial charge in [0.15, 0.2) is 0 Å². The van der Waals surface area contributed by atoms with E-state index < -0.39 is 0 Å². The smallest absolute Gasteiger partial charge is 0.274 e. The number of hydrogen-bond acceptors (Lipinski definition) is 4. The number of rotatable bonds is 5. The van der Waals surface area contributed by atoms with Gasteiger partial charge in [-0.15, -0.1) is 0 Å². The maximum atomic E-state index is 12.9. The van der Waals surface area contributed by atoms with E-state index in [1.54, 1.807) is 0 Å². The van der Waals surface area contributed by atoms with Crippen molar-refractivity contribution < 1.29 is 9.53 Å². The Hall–Kier alpha value is -1.40. The molecule has 126 valence electrons. The third kappa shape index (κ3) is 3.43. The second-order valence-corrected chi connectivity index (χ2v) is 7.10. The molecule has 6 heteroatoms. The molecule has 23 heavy (non-hydrogen) atoms. The van der Waals surface area contributed by atoms with Gasteiger partial charge in [0.25, 0.3) is 5.91 Å². The first-order valence-electron chi connectivity index (χ1n) is 8.96. The van der Waals surface area contributed by atoms with Crippen LogP contribution in [0, 0.1) is 5.92 Å². The summed E-state index contributed by atoms with van der Waals surface area (Å²) in [4.78, 5) is 15.0. The molecule has 1 saturated carbocycles. The van der Waals surface area contributed by atoms with Crippen LogP contribution in [-0.4, -0.2) is 59.5 Å². The summed E-state index contributed by atoms with van der Waals surface area (Å²) in [7, 11) is 0. The predicted molar refractivity (Wildman–Crippen MR) is 86.4 cm³/mol. The van der Waals surface area contributed by atoms with E-state index in [1.165, 1.54) is 6.42 Å². The zero-order valence-electron chi connectivity index (χ0n) is 13.6. The second kappa shape index (κ2) is 6.61. The lowest BCUT2D eigenvalue weighted by Gasteiger charge is -2.25. The number of carbonyl (C=O) groups excluding carboxylic acids is 1. The summed E-state index contributed by atoms with van der Waals surface area (Å²) in [6, 6.07) is 2.68. The fourth-order valence-electron chi connectivity index (χ4n) is 3.65. The van der Waals surface area contributed by atoms with Crippen molar-refractivity contribution in [1.82, 2.24) is 20.0 Å². The van der Waals surface area contributed by atoms with Gasteiger partial charge in [-0.25, -0.2) is 0 Å². The summed E-state index contributed by atoms with van der Waals surface area (Å²) in [6.07, 6.45) is 7.60. The normalized spacial score (nSPS) is 28.0. The molecular weight excluding hydrogens is 292 g/mol. The average molecular weight is 318 g/mol. The van der Waals surface area contributed by atoms with E-state index in [0.29, 0.717) is 23.7 Å². The van der Waals surface area contributed by atoms with Crippen LogP contribution in [0.3, 0.4) is 0 Å². The lowest BCUT2D eigenvalue weighted by Crippen LogP contribution is -2.38. The third-order valence-electron chi connectivity index (χ3n) is 5.20. The maximum Gasteiger partial charge on any atom is 0.274 e. The summed E-state index contributed by atoms with van der Waals surface area (Å²) in [5.74, 6) is 0.589. The van der Waals surface area contributed by atoms with E-state index in [4.69, 9.17) is 4.74 Å².